The van der Waals surface area contributed by atoms with E-state index in [9.17, 15) is 9.18 Å². The topological polar surface area (TPSA) is 53.4 Å². The fourth-order valence-electron chi connectivity index (χ4n) is 3.23. The van der Waals surface area contributed by atoms with Crippen molar-refractivity contribution in [3.8, 4) is 0 Å². The van der Waals surface area contributed by atoms with Crippen LogP contribution >= 0.6 is 0 Å². The second kappa shape index (κ2) is 4.95. The summed E-state index contributed by atoms with van der Waals surface area (Å²) in [5, 5.41) is 2.82. The Hall–Kier alpha value is -2.15. The lowest BCUT2D eigenvalue weighted by Crippen LogP contribution is -2.45. The molecule has 1 aromatic heterocycles. The van der Waals surface area contributed by atoms with Crippen LogP contribution in [0.4, 0.5) is 10.3 Å². The molecule has 1 amide bonds. The number of hydrogen-bond acceptors (Lipinski definition) is 4. The van der Waals surface area contributed by atoms with Gasteiger partial charge in [0.1, 0.15) is 5.82 Å². The molecule has 0 saturated carbocycles. The summed E-state index contributed by atoms with van der Waals surface area (Å²) in [5.74, 6) is 0.189. The van der Waals surface area contributed by atoms with Crippen LogP contribution in [0.5, 0.6) is 0 Å². The summed E-state index contributed by atoms with van der Waals surface area (Å²) in [6.07, 6.45) is 0. The zero-order chi connectivity index (χ0) is 15.3. The van der Waals surface area contributed by atoms with Crippen molar-refractivity contribution in [1.29, 1.82) is 0 Å². The number of carbonyl (C=O) groups excluding carboxylic acids is 1. The van der Waals surface area contributed by atoms with E-state index >= 15 is 0 Å². The molecular weight excluding hydrogens is 285 g/mol. The molecule has 2 aliphatic heterocycles. The summed E-state index contributed by atoms with van der Waals surface area (Å²) in [6.45, 7) is 4.91. The van der Waals surface area contributed by atoms with E-state index in [0.29, 0.717) is 24.2 Å². The van der Waals surface area contributed by atoms with E-state index in [1.165, 1.54) is 12.1 Å². The number of nitrogens with one attached hydrogen (secondary N) is 1. The first kappa shape index (κ1) is 13.5. The van der Waals surface area contributed by atoms with Gasteiger partial charge in [0, 0.05) is 45.3 Å². The molecule has 1 fully saturated rings. The highest BCUT2D eigenvalue weighted by Gasteiger charge is 2.26. The maximum Gasteiger partial charge on any atom is 0.253 e. The van der Waals surface area contributed by atoms with Crippen molar-refractivity contribution in [2.24, 2.45) is 0 Å². The lowest BCUT2D eigenvalue weighted by atomic mass is 10.1. The van der Waals surface area contributed by atoms with Crippen molar-refractivity contribution >= 4 is 22.9 Å². The molecule has 2 aromatic rings. The third kappa shape index (κ3) is 2.04. The first-order valence-corrected chi connectivity index (χ1v) is 7.55. The van der Waals surface area contributed by atoms with Crippen molar-refractivity contribution in [1.82, 2.24) is 19.8 Å². The molecule has 1 saturated heterocycles. The Bertz CT molecular complexity index is 748. The quantitative estimate of drug-likeness (QED) is 0.841. The predicted molar refractivity (Wildman–Crippen MR) is 81.7 cm³/mol. The number of anilines is 1. The van der Waals surface area contributed by atoms with Crippen LogP contribution in [-0.2, 0) is 6.54 Å². The third-order valence-electron chi connectivity index (χ3n) is 4.44. The van der Waals surface area contributed by atoms with Crippen LogP contribution < -0.4 is 10.2 Å². The summed E-state index contributed by atoms with van der Waals surface area (Å²) in [4.78, 5) is 21.2. The van der Waals surface area contributed by atoms with Crippen molar-refractivity contribution in [3.63, 3.8) is 0 Å². The first-order valence-electron chi connectivity index (χ1n) is 7.55. The number of nitrogens with zero attached hydrogens (tertiary/aromatic N) is 4. The van der Waals surface area contributed by atoms with Gasteiger partial charge >= 0.3 is 0 Å². The fraction of sp³-hybridized carbons (Fsp3) is 0.467. The van der Waals surface area contributed by atoms with Crippen molar-refractivity contribution < 1.29 is 9.18 Å². The summed E-state index contributed by atoms with van der Waals surface area (Å²) >= 11 is 0. The minimum atomic E-state index is -0.422. The molecule has 0 radical (unpaired) electrons. The standard InChI is InChI=1S/C15H18FN5O/c1-19-4-6-20(7-5-19)15-18-12-9-10(16)8-11-13(12)21(15)3-2-17-14(11)22/h8-9H,2-7H2,1H3,(H,17,22). The Morgan fingerprint density at radius 2 is 1.95 bits per heavy atom. The third-order valence-corrected chi connectivity index (χ3v) is 4.44. The highest BCUT2D eigenvalue weighted by atomic mass is 19.1. The molecule has 2 aliphatic rings. The van der Waals surface area contributed by atoms with Crippen molar-refractivity contribution in [2.45, 2.75) is 6.54 Å². The van der Waals surface area contributed by atoms with Crippen LogP contribution in [0.15, 0.2) is 12.1 Å². The van der Waals surface area contributed by atoms with E-state index in [-0.39, 0.29) is 5.91 Å². The number of rotatable bonds is 1. The largest absolute Gasteiger partial charge is 0.350 e. The minimum absolute atomic E-state index is 0.229. The minimum Gasteiger partial charge on any atom is -0.350 e. The molecule has 3 heterocycles. The van der Waals surface area contributed by atoms with Crippen LogP contribution in [0.3, 0.4) is 0 Å². The van der Waals surface area contributed by atoms with E-state index < -0.39 is 5.82 Å². The molecule has 1 N–H and O–H groups in total. The number of aromatic nitrogens is 2. The maximum atomic E-state index is 13.8. The molecule has 0 atom stereocenters. The average molecular weight is 303 g/mol. The maximum absolute atomic E-state index is 13.8. The van der Waals surface area contributed by atoms with Gasteiger partial charge in [0.2, 0.25) is 5.95 Å². The number of benzene rings is 1. The number of imidazole rings is 1. The Labute approximate surface area is 127 Å². The second-order valence-corrected chi connectivity index (χ2v) is 5.93. The molecule has 0 unspecified atom stereocenters. The fourth-order valence-corrected chi connectivity index (χ4v) is 3.23. The molecule has 0 aliphatic carbocycles. The highest BCUT2D eigenvalue weighted by Crippen LogP contribution is 2.28. The van der Waals surface area contributed by atoms with Crippen molar-refractivity contribution in [2.75, 3.05) is 44.7 Å². The Morgan fingerprint density at radius 3 is 2.73 bits per heavy atom. The zero-order valence-corrected chi connectivity index (χ0v) is 12.5. The number of halogens is 1. The van der Waals surface area contributed by atoms with Gasteiger partial charge in [-0.2, -0.15) is 0 Å². The highest BCUT2D eigenvalue weighted by molar-refractivity contribution is 6.06. The molecular formula is C15H18FN5O. The summed E-state index contributed by atoms with van der Waals surface area (Å²) in [7, 11) is 2.10. The van der Waals surface area contributed by atoms with Crippen LogP contribution in [0.1, 0.15) is 10.4 Å². The van der Waals surface area contributed by atoms with E-state index in [0.717, 1.165) is 37.6 Å². The molecule has 6 nitrogen and oxygen atoms in total. The first-order chi connectivity index (χ1) is 10.6. The van der Waals surface area contributed by atoms with Gasteiger partial charge in [-0.3, -0.25) is 4.79 Å². The molecule has 0 spiro atoms. The Kier molecular flexibility index (Phi) is 3.04. The van der Waals surface area contributed by atoms with Gasteiger partial charge in [0.05, 0.1) is 16.6 Å². The van der Waals surface area contributed by atoms with Gasteiger partial charge in [0.15, 0.2) is 0 Å². The Balaban J connectivity index is 1.88. The average Bonchev–Trinajstić information content (AvgIpc) is 2.76. The zero-order valence-electron chi connectivity index (χ0n) is 12.5. The van der Waals surface area contributed by atoms with Crippen molar-refractivity contribution in [3.05, 3.63) is 23.5 Å². The monoisotopic (exact) mass is 303 g/mol. The lowest BCUT2D eigenvalue weighted by molar-refractivity contribution is 0.0956. The van der Waals surface area contributed by atoms with E-state index in [1.54, 1.807) is 0 Å². The van der Waals surface area contributed by atoms with Gasteiger partial charge in [-0.15, -0.1) is 0 Å². The van der Waals surface area contributed by atoms with Gasteiger partial charge in [0.25, 0.3) is 5.91 Å². The molecule has 1 aromatic carbocycles. The molecule has 7 heteroatoms. The Morgan fingerprint density at radius 1 is 1.18 bits per heavy atom. The van der Waals surface area contributed by atoms with Gasteiger partial charge in [-0.1, -0.05) is 0 Å². The second-order valence-electron chi connectivity index (χ2n) is 5.93. The predicted octanol–water partition coefficient (Wildman–Crippen LogP) is 0.671. The van der Waals surface area contributed by atoms with Gasteiger partial charge in [-0.05, 0) is 13.1 Å². The van der Waals surface area contributed by atoms with Crippen LogP contribution in [0.25, 0.3) is 11.0 Å². The number of carbonyl (C=O) groups is 1. The van der Waals surface area contributed by atoms with Crippen LogP contribution in [-0.4, -0.2) is 60.1 Å². The number of piperazine rings is 1. The van der Waals surface area contributed by atoms with E-state index in [1.807, 2.05) is 4.57 Å². The number of likely N-dealkylation sites (N-methyl/N-ethyl adjacent to an activating group) is 1. The summed E-state index contributed by atoms with van der Waals surface area (Å²) < 4.78 is 15.8. The number of amides is 1. The molecule has 4 rings (SSSR count). The van der Waals surface area contributed by atoms with Crippen LogP contribution in [0.2, 0.25) is 0 Å². The normalized spacial score (nSPS) is 19.4. The lowest BCUT2D eigenvalue weighted by Gasteiger charge is -2.33. The summed E-state index contributed by atoms with van der Waals surface area (Å²) in [5.41, 5.74) is 1.67. The molecule has 116 valence electrons. The smallest absolute Gasteiger partial charge is 0.253 e. The number of hydrogen-bond donors (Lipinski definition) is 1. The molecule has 0 bridgehead atoms. The van der Waals surface area contributed by atoms with Gasteiger partial charge in [-0.25, -0.2) is 9.37 Å². The van der Waals surface area contributed by atoms with Crippen LogP contribution in [0, 0.1) is 5.82 Å². The van der Waals surface area contributed by atoms with E-state index in [4.69, 9.17) is 0 Å². The van der Waals surface area contributed by atoms with Gasteiger partial charge < -0.3 is 19.7 Å². The molecule has 22 heavy (non-hydrogen) atoms. The SMILES string of the molecule is CN1CCN(c2nc3cc(F)cc4c3n2CCNC4=O)CC1. The van der Waals surface area contributed by atoms with E-state index in [2.05, 4.69) is 27.1 Å². The summed E-state index contributed by atoms with van der Waals surface area (Å²) in [6, 6.07) is 2.71.